The van der Waals surface area contributed by atoms with Gasteiger partial charge in [0.05, 0.1) is 5.71 Å². The summed E-state index contributed by atoms with van der Waals surface area (Å²) < 4.78 is 5.28. The van der Waals surface area contributed by atoms with Crippen molar-refractivity contribution >= 4 is 45.9 Å². The van der Waals surface area contributed by atoms with E-state index in [1.807, 2.05) is 0 Å². The van der Waals surface area contributed by atoms with Crippen LogP contribution in [0.3, 0.4) is 0 Å². The van der Waals surface area contributed by atoms with Crippen molar-refractivity contribution in [3.8, 4) is 0 Å². The Morgan fingerprint density at radius 3 is 2.71 bits per heavy atom. The molecule has 0 aromatic rings. The average molecular weight is 454 g/mol. The maximum Gasteiger partial charge on any atom is 0.0573 e. The summed E-state index contributed by atoms with van der Waals surface area (Å²) >= 11 is 3.59. The Balaban J connectivity index is 1.66. The predicted molar refractivity (Wildman–Crippen MR) is 103 cm³/mol. The van der Waals surface area contributed by atoms with Gasteiger partial charge in [0.1, 0.15) is 0 Å². The van der Waals surface area contributed by atoms with Crippen LogP contribution in [-0.4, -0.2) is 9.22 Å². The van der Waals surface area contributed by atoms with Crippen LogP contribution in [-0.2, 0) is 0 Å². The zero-order valence-corrected chi connectivity index (χ0v) is 15.4. The molecule has 0 amide bonds. The molecule has 2 aliphatic heterocycles. The molecule has 1 nitrogen and oxygen atoms in total. The lowest BCUT2D eigenvalue weighted by Crippen LogP contribution is -2.33. The van der Waals surface area contributed by atoms with Gasteiger partial charge in [0.2, 0.25) is 0 Å². The predicted octanol–water partition coefficient (Wildman–Crippen LogP) is 5.43. The lowest BCUT2D eigenvalue weighted by Gasteiger charge is -2.31. The molecule has 2 unspecified atom stereocenters. The van der Waals surface area contributed by atoms with E-state index in [0.29, 0.717) is 17.8 Å². The molecule has 0 aromatic carbocycles. The number of nitrogens with zero attached hydrogens (tertiary/aromatic N) is 1. The van der Waals surface area contributed by atoms with Gasteiger partial charge in [-0.2, -0.15) is 0 Å². The smallest absolute Gasteiger partial charge is 0.0573 e. The van der Waals surface area contributed by atoms with Gasteiger partial charge < -0.3 is 0 Å². The van der Waals surface area contributed by atoms with Crippen LogP contribution in [0.15, 0.2) is 61.8 Å². The molecule has 0 spiro atoms. The quantitative estimate of drug-likeness (QED) is 0.370. The number of hydrogen-bond acceptors (Lipinski definition) is 1. The highest BCUT2D eigenvalue weighted by atomic mass is 127. The van der Waals surface area contributed by atoms with Crippen LogP contribution in [0.4, 0.5) is 0 Å². The second-order valence-corrected chi connectivity index (χ2v) is 9.22. The standard InChI is InChI=1S/C18H17BrIN/c19-15-8-5-12(6-9-15)16-10-7-14-4-3-13-2-1-11-20-17(13)18(14)21-16/h1,3-5,8-14H,2,6-7H2/t12?,13?,14-/m1/s1. The van der Waals surface area contributed by atoms with E-state index in [0.717, 1.165) is 12.8 Å². The van der Waals surface area contributed by atoms with Gasteiger partial charge in [0.25, 0.3) is 0 Å². The fourth-order valence-electron chi connectivity index (χ4n) is 3.25. The summed E-state index contributed by atoms with van der Waals surface area (Å²) in [5.74, 6) is 1.65. The Kier molecular flexibility index (Phi) is 3.96. The Morgan fingerprint density at radius 2 is 1.86 bits per heavy atom. The lowest BCUT2D eigenvalue weighted by atomic mass is 9.81. The molecule has 0 fully saturated rings. The fraction of sp³-hybridized carbons (Fsp3) is 0.333. The van der Waals surface area contributed by atoms with E-state index in [1.165, 1.54) is 22.3 Å². The fourth-order valence-corrected chi connectivity index (χ4v) is 6.29. The Labute approximate surface area is 144 Å². The first-order valence-corrected chi connectivity index (χ1v) is 10.6. The molecule has 0 bridgehead atoms. The van der Waals surface area contributed by atoms with Crippen molar-refractivity contribution in [3.05, 3.63) is 56.8 Å². The van der Waals surface area contributed by atoms with Crippen molar-refractivity contribution in [1.82, 2.24) is 0 Å². The summed E-state index contributed by atoms with van der Waals surface area (Å²) in [6, 6.07) is 0. The molecule has 2 aliphatic carbocycles. The molecule has 3 atom stereocenters. The Bertz CT molecular complexity index is 675. The first-order valence-electron chi connectivity index (χ1n) is 7.47. The minimum Gasteiger partial charge on any atom is -0.256 e. The highest BCUT2D eigenvalue weighted by molar-refractivity contribution is 14.2. The topological polar surface area (TPSA) is 12.4 Å². The van der Waals surface area contributed by atoms with Gasteiger partial charge >= 0.3 is 0 Å². The van der Waals surface area contributed by atoms with Crippen LogP contribution in [0.1, 0.15) is 19.3 Å². The van der Waals surface area contributed by atoms with Gasteiger partial charge in [0, 0.05) is 31.4 Å². The third kappa shape index (κ3) is 2.74. The monoisotopic (exact) mass is 453 g/mol. The average Bonchev–Trinajstić information content (AvgIpc) is 2.55. The van der Waals surface area contributed by atoms with Gasteiger partial charge in [0.15, 0.2) is 0 Å². The third-order valence-electron chi connectivity index (χ3n) is 4.42. The first-order chi connectivity index (χ1) is 10.3. The molecule has 108 valence electrons. The molecular weight excluding hydrogens is 437 g/mol. The molecule has 0 aromatic heterocycles. The molecule has 3 heteroatoms. The molecule has 0 radical (unpaired) electrons. The highest BCUT2D eigenvalue weighted by Gasteiger charge is 2.30. The number of fused-ring (bicyclic) bond motifs is 3. The van der Waals surface area contributed by atoms with Crippen molar-refractivity contribution in [3.63, 3.8) is 0 Å². The largest absolute Gasteiger partial charge is 0.256 e. The first kappa shape index (κ1) is 14.1. The van der Waals surface area contributed by atoms with Crippen molar-refractivity contribution < 1.29 is 0 Å². The second kappa shape index (κ2) is 5.92. The molecule has 2 heterocycles. The summed E-state index contributed by atoms with van der Waals surface area (Å²) in [7, 11) is 0. The number of allylic oxidation sites excluding steroid dienone is 8. The van der Waals surface area contributed by atoms with E-state index < -0.39 is 0 Å². The van der Waals surface area contributed by atoms with Crippen molar-refractivity contribution in [1.29, 1.82) is 0 Å². The zero-order chi connectivity index (χ0) is 14.2. The van der Waals surface area contributed by atoms with E-state index in [9.17, 15) is 0 Å². The van der Waals surface area contributed by atoms with Crippen LogP contribution in [0, 0.1) is 17.8 Å². The Morgan fingerprint density at radius 1 is 1.00 bits per heavy atom. The molecule has 21 heavy (non-hydrogen) atoms. The van der Waals surface area contributed by atoms with Gasteiger partial charge in [-0.25, -0.2) is 0 Å². The van der Waals surface area contributed by atoms with E-state index in [4.69, 9.17) is 4.99 Å². The van der Waals surface area contributed by atoms with Gasteiger partial charge in [-0.1, -0.05) is 79.2 Å². The minimum absolute atomic E-state index is 0.0514. The van der Waals surface area contributed by atoms with E-state index in [2.05, 4.69) is 62.5 Å². The second-order valence-electron chi connectivity index (χ2n) is 5.80. The zero-order valence-electron chi connectivity index (χ0n) is 11.7. The van der Waals surface area contributed by atoms with Crippen LogP contribution in [0.25, 0.3) is 0 Å². The Hall–Kier alpha value is -0.550. The van der Waals surface area contributed by atoms with Gasteiger partial charge in [-0.15, -0.1) is 0 Å². The molecule has 0 saturated heterocycles. The SMILES string of the molecule is BrC1=CCC(C2=CC[C@H]3C=CC4CC=CI=C4C3=N2)C=C1. The normalized spacial score (nSPS) is 33.9. The van der Waals surface area contributed by atoms with Crippen molar-refractivity contribution in [2.24, 2.45) is 22.7 Å². The summed E-state index contributed by atoms with van der Waals surface area (Å²) in [5.41, 5.74) is 2.70. The van der Waals surface area contributed by atoms with Crippen LogP contribution in [0.5, 0.6) is 0 Å². The minimum atomic E-state index is 0.0514. The van der Waals surface area contributed by atoms with Crippen LogP contribution in [0.2, 0.25) is 0 Å². The summed E-state index contributed by atoms with van der Waals surface area (Å²) in [5, 5.41) is 0. The van der Waals surface area contributed by atoms with Crippen LogP contribution >= 0.6 is 36.7 Å². The van der Waals surface area contributed by atoms with E-state index in [1.54, 1.807) is 3.51 Å². The lowest BCUT2D eigenvalue weighted by molar-refractivity contribution is 0.715. The summed E-state index contributed by atoms with van der Waals surface area (Å²) in [4.78, 5) is 5.12. The van der Waals surface area contributed by atoms with Gasteiger partial charge in [-0.05, 0) is 23.3 Å². The maximum absolute atomic E-state index is 5.12. The third-order valence-corrected chi connectivity index (χ3v) is 7.90. The molecule has 0 saturated carbocycles. The number of hydrogen-bond donors (Lipinski definition) is 0. The summed E-state index contributed by atoms with van der Waals surface area (Å²) in [6.45, 7) is 0. The molecule has 4 aliphatic rings. The molecule has 0 N–H and O–H groups in total. The van der Waals surface area contributed by atoms with E-state index >= 15 is 0 Å². The maximum atomic E-state index is 5.12. The van der Waals surface area contributed by atoms with Crippen molar-refractivity contribution in [2.45, 2.75) is 19.3 Å². The molecule has 4 rings (SSSR count). The van der Waals surface area contributed by atoms with Crippen LogP contribution < -0.4 is 0 Å². The highest BCUT2D eigenvalue weighted by Crippen LogP contribution is 2.36. The van der Waals surface area contributed by atoms with E-state index in [-0.39, 0.29) is 20.7 Å². The number of aliphatic imine (C=N–C) groups is 1. The number of halogens is 2. The van der Waals surface area contributed by atoms with Crippen molar-refractivity contribution in [2.75, 3.05) is 0 Å². The molecular formula is C18H17BrIN. The number of rotatable bonds is 1. The summed E-state index contributed by atoms with van der Waals surface area (Å²) in [6.07, 6.45) is 19.6. The van der Waals surface area contributed by atoms with Gasteiger partial charge in [-0.3, -0.25) is 4.99 Å².